The van der Waals surface area contributed by atoms with Crippen molar-refractivity contribution in [2.24, 2.45) is 0 Å². The number of hydrogen-bond acceptors (Lipinski definition) is 4. The van der Waals surface area contributed by atoms with Gasteiger partial charge in [-0.15, -0.1) is 0 Å². The van der Waals surface area contributed by atoms with Gasteiger partial charge in [-0.25, -0.2) is 0 Å². The number of carbonyl (C=O) groups excluding carboxylic acids is 2. The van der Waals surface area contributed by atoms with E-state index in [9.17, 15) is 9.59 Å². The second-order valence-electron chi connectivity index (χ2n) is 6.96. The van der Waals surface area contributed by atoms with E-state index >= 15 is 0 Å². The molecule has 1 aliphatic rings. The standard InChI is InChI=1S/C17H28B3N3O2/c1-12(24)9-14(8-7-13-5-3-2-4-6-13)21-17(25)16-10-15(22-19)11-23(16)20-18/h2-6,14-16,20,22H,7-11,18-19H2,1H3,(H,21,25)/t14-,15+,16-/m0/s1. The summed E-state index contributed by atoms with van der Waals surface area (Å²) >= 11 is 0. The van der Waals surface area contributed by atoms with E-state index in [4.69, 9.17) is 0 Å². The molecule has 3 atom stereocenters. The second-order valence-corrected chi connectivity index (χ2v) is 6.96. The molecule has 2 N–H and O–H groups in total. The fourth-order valence-corrected chi connectivity index (χ4v) is 3.59. The number of amides is 1. The lowest BCUT2D eigenvalue weighted by Gasteiger charge is -2.25. The predicted molar refractivity (Wildman–Crippen MR) is 108 cm³/mol. The molecule has 8 heteroatoms. The van der Waals surface area contributed by atoms with Gasteiger partial charge in [-0.3, -0.25) is 9.59 Å². The number of aryl methyl sites for hydroxylation is 1. The molecule has 1 aromatic rings. The Morgan fingerprint density at radius 1 is 1.36 bits per heavy atom. The molecule has 1 saturated heterocycles. The topological polar surface area (TPSA) is 61.4 Å². The summed E-state index contributed by atoms with van der Waals surface area (Å²) in [7, 11) is 4.88. The van der Waals surface area contributed by atoms with E-state index in [2.05, 4.69) is 35.2 Å². The molecule has 132 valence electrons. The van der Waals surface area contributed by atoms with Crippen LogP contribution in [0.5, 0.6) is 0 Å². The van der Waals surface area contributed by atoms with Crippen LogP contribution in [0.1, 0.15) is 31.7 Å². The summed E-state index contributed by atoms with van der Waals surface area (Å²) in [6.45, 7) is 2.49. The third-order valence-electron chi connectivity index (χ3n) is 5.03. The van der Waals surface area contributed by atoms with Gasteiger partial charge >= 0.3 is 0 Å². The highest BCUT2D eigenvalue weighted by Crippen LogP contribution is 2.17. The average molecular weight is 339 g/mol. The van der Waals surface area contributed by atoms with E-state index in [-0.39, 0.29) is 23.8 Å². The Kier molecular flexibility index (Phi) is 7.78. The Hall–Kier alpha value is -1.53. The molecule has 0 aliphatic carbocycles. The van der Waals surface area contributed by atoms with Gasteiger partial charge in [0.15, 0.2) is 15.3 Å². The molecule has 0 spiro atoms. The van der Waals surface area contributed by atoms with Crippen molar-refractivity contribution in [3.8, 4) is 0 Å². The van der Waals surface area contributed by atoms with Crippen LogP contribution in [0, 0.1) is 0 Å². The van der Waals surface area contributed by atoms with Crippen LogP contribution in [0.25, 0.3) is 0 Å². The first-order chi connectivity index (χ1) is 12.0. The van der Waals surface area contributed by atoms with Crippen molar-refractivity contribution in [2.75, 3.05) is 6.54 Å². The zero-order chi connectivity index (χ0) is 18.2. The van der Waals surface area contributed by atoms with Gasteiger partial charge in [-0.2, -0.15) is 0 Å². The normalized spacial score (nSPS) is 21.6. The van der Waals surface area contributed by atoms with Crippen molar-refractivity contribution < 1.29 is 9.59 Å². The highest BCUT2D eigenvalue weighted by Gasteiger charge is 2.35. The number of ketones is 1. The number of nitrogens with zero attached hydrogens (tertiary/aromatic N) is 1. The summed E-state index contributed by atoms with van der Waals surface area (Å²) in [5, 5.41) is 6.41. The number of carbonyl (C=O) groups is 2. The lowest BCUT2D eigenvalue weighted by Crippen LogP contribution is -2.48. The molecule has 1 fully saturated rings. The molecule has 0 saturated carbocycles. The predicted octanol–water partition coefficient (Wildman–Crippen LogP) is -1.44. The van der Waals surface area contributed by atoms with Gasteiger partial charge in [-0.05, 0) is 31.7 Å². The smallest absolute Gasteiger partial charge is 0.236 e. The van der Waals surface area contributed by atoms with Crippen LogP contribution >= 0.6 is 0 Å². The molecule has 0 unspecified atom stereocenters. The van der Waals surface area contributed by atoms with Gasteiger partial charge in [0.2, 0.25) is 5.91 Å². The Morgan fingerprint density at radius 2 is 2.08 bits per heavy atom. The summed E-state index contributed by atoms with van der Waals surface area (Å²) < 4.78 is 0. The van der Waals surface area contributed by atoms with Gasteiger partial charge in [0.25, 0.3) is 0 Å². The molecular weight excluding hydrogens is 311 g/mol. The maximum atomic E-state index is 12.8. The SMILES string of the molecule is BBN1C[C@H](NB)C[C@H]1C(=O)N[C@@H](CCc1ccccc1)CC(C)=O. The quantitative estimate of drug-likeness (QED) is 0.542. The number of nitrogens with one attached hydrogen (secondary N) is 2. The largest absolute Gasteiger partial charge is 0.358 e. The monoisotopic (exact) mass is 339 g/mol. The van der Waals surface area contributed by atoms with Crippen molar-refractivity contribution in [3.05, 3.63) is 35.9 Å². The van der Waals surface area contributed by atoms with Gasteiger partial charge in [0, 0.05) is 25.0 Å². The minimum absolute atomic E-state index is 0.0545. The Balaban J connectivity index is 1.95. The molecule has 25 heavy (non-hydrogen) atoms. The fourth-order valence-electron chi connectivity index (χ4n) is 3.59. The highest BCUT2D eigenvalue weighted by atomic mass is 16.2. The molecule has 1 amide bonds. The minimum Gasteiger partial charge on any atom is -0.358 e. The summed E-state index contributed by atoms with van der Waals surface area (Å²) in [5.74, 6) is 0.171. The third-order valence-corrected chi connectivity index (χ3v) is 5.03. The lowest BCUT2D eigenvalue weighted by molar-refractivity contribution is -0.125. The van der Waals surface area contributed by atoms with Crippen molar-refractivity contribution in [2.45, 2.75) is 50.7 Å². The Bertz CT molecular complexity index is 574. The third kappa shape index (κ3) is 6.05. The molecular formula is C17H28B3N3O2. The molecule has 0 radical (unpaired) electrons. The highest BCUT2D eigenvalue weighted by molar-refractivity contribution is 6.87. The lowest BCUT2D eigenvalue weighted by atomic mass is 9.65. The van der Waals surface area contributed by atoms with Gasteiger partial charge in [0.1, 0.15) is 5.78 Å². The molecule has 0 bridgehead atoms. The number of rotatable bonds is 9. The van der Waals surface area contributed by atoms with E-state index in [0.29, 0.717) is 12.5 Å². The maximum absolute atomic E-state index is 12.8. The molecule has 1 aliphatic heterocycles. The molecule has 1 heterocycles. The molecule has 0 aromatic heterocycles. The second kappa shape index (κ2) is 9.83. The van der Waals surface area contributed by atoms with E-state index in [0.717, 1.165) is 33.1 Å². The van der Waals surface area contributed by atoms with Crippen LogP contribution in [-0.2, 0) is 16.0 Å². The summed E-state index contributed by atoms with van der Waals surface area (Å²) in [5.41, 5.74) is 1.23. The number of hydrogen-bond donors (Lipinski definition) is 2. The average Bonchev–Trinajstić information content (AvgIpc) is 3.04. The van der Waals surface area contributed by atoms with Gasteiger partial charge in [-0.1, -0.05) is 30.3 Å². The van der Waals surface area contributed by atoms with Gasteiger partial charge in [0.05, 0.1) is 13.8 Å². The van der Waals surface area contributed by atoms with E-state index in [1.807, 2.05) is 26.2 Å². The van der Waals surface area contributed by atoms with Crippen LogP contribution in [0.4, 0.5) is 0 Å². The molecule has 1 aromatic carbocycles. The zero-order valence-electron chi connectivity index (χ0n) is 15.6. The van der Waals surface area contributed by atoms with Crippen LogP contribution in [-0.4, -0.2) is 64.2 Å². The van der Waals surface area contributed by atoms with Crippen molar-refractivity contribution in [1.29, 1.82) is 0 Å². The molecule has 5 nitrogen and oxygen atoms in total. The van der Waals surface area contributed by atoms with E-state index in [1.165, 1.54) is 5.56 Å². The Labute approximate surface area is 153 Å². The number of benzene rings is 1. The number of Topliss-reactive ketones (excluding diaryl/α,β-unsaturated/α-hetero) is 1. The fraction of sp³-hybridized carbons (Fsp3) is 0.529. The van der Waals surface area contributed by atoms with Crippen LogP contribution in [0.15, 0.2) is 30.3 Å². The summed E-state index contributed by atoms with van der Waals surface area (Å²) in [6, 6.07) is 10.3. The zero-order valence-corrected chi connectivity index (χ0v) is 15.6. The van der Waals surface area contributed by atoms with Crippen molar-refractivity contribution in [1.82, 2.24) is 15.4 Å². The Morgan fingerprint density at radius 3 is 2.68 bits per heavy atom. The first-order valence-corrected chi connectivity index (χ1v) is 9.28. The first-order valence-electron chi connectivity index (χ1n) is 9.28. The van der Waals surface area contributed by atoms with Crippen molar-refractivity contribution >= 4 is 34.7 Å². The maximum Gasteiger partial charge on any atom is 0.236 e. The van der Waals surface area contributed by atoms with Crippen LogP contribution in [0.3, 0.4) is 0 Å². The van der Waals surface area contributed by atoms with E-state index < -0.39 is 0 Å². The van der Waals surface area contributed by atoms with Crippen LogP contribution in [0.2, 0.25) is 0 Å². The van der Waals surface area contributed by atoms with Crippen LogP contribution < -0.4 is 10.5 Å². The first kappa shape index (κ1) is 19.8. The molecule has 2 rings (SSSR count). The summed E-state index contributed by atoms with van der Waals surface area (Å²) in [6.07, 6.45) is 2.86. The van der Waals surface area contributed by atoms with E-state index in [1.54, 1.807) is 6.92 Å². The summed E-state index contributed by atoms with van der Waals surface area (Å²) in [4.78, 5) is 26.6. The minimum atomic E-state index is -0.103. The van der Waals surface area contributed by atoms with Crippen molar-refractivity contribution in [3.63, 3.8) is 0 Å². The van der Waals surface area contributed by atoms with Gasteiger partial charge < -0.3 is 15.4 Å².